The molecule has 1 aromatic carbocycles. The highest BCUT2D eigenvalue weighted by molar-refractivity contribution is 7.99. The van der Waals surface area contributed by atoms with Crippen LogP contribution in [0.2, 0.25) is 0 Å². The van der Waals surface area contributed by atoms with Gasteiger partial charge in [0.2, 0.25) is 0 Å². The molecule has 0 saturated heterocycles. The van der Waals surface area contributed by atoms with Crippen LogP contribution in [0.25, 0.3) is 0 Å². The smallest absolute Gasteiger partial charge is 0.164 e. The first-order valence-corrected chi connectivity index (χ1v) is 6.93. The Morgan fingerprint density at radius 2 is 1.82 bits per heavy atom. The van der Waals surface area contributed by atoms with Gasteiger partial charge < -0.3 is 9.47 Å². The first-order valence-electron chi connectivity index (χ1n) is 5.94. The molecule has 0 saturated carbocycles. The van der Waals surface area contributed by atoms with Crippen molar-refractivity contribution in [3.05, 3.63) is 17.7 Å². The predicted octanol–water partition coefficient (Wildman–Crippen LogP) is 2.92. The molecule has 3 rings (SSSR count). The molecule has 0 aliphatic carbocycles. The molecule has 4 heteroatoms. The number of hydrogen-bond donors (Lipinski definition) is 0. The number of rotatable bonds is 0. The first-order chi connectivity index (χ1) is 8.34. The Balaban J connectivity index is 2.06. The molecule has 0 radical (unpaired) electrons. The van der Waals surface area contributed by atoms with Gasteiger partial charge in [-0.3, -0.25) is 4.79 Å². The van der Waals surface area contributed by atoms with Gasteiger partial charge in [0.15, 0.2) is 17.3 Å². The Bertz CT molecular complexity index is 456. The van der Waals surface area contributed by atoms with Crippen LogP contribution in [0, 0.1) is 0 Å². The molecule has 1 aromatic rings. The Labute approximate surface area is 104 Å². The molecular weight excluding hydrogens is 236 g/mol. The standard InChI is InChI=1S/C13H14O3S/c14-10-3-1-6-17-13-8-12-11(7-9(10)13)15-4-2-5-16-12/h7-8H,1-6H2. The second kappa shape index (κ2) is 4.61. The maximum Gasteiger partial charge on any atom is 0.164 e. The van der Waals surface area contributed by atoms with Crippen molar-refractivity contribution < 1.29 is 14.3 Å². The lowest BCUT2D eigenvalue weighted by molar-refractivity contribution is 0.0980. The van der Waals surface area contributed by atoms with Crippen LogP contribution in [-0.4, -0.2) is 24.7 Å². The number of carbonyl (C=O) groups is 1. The van der Waals surface area contributed by atoms with Crippen LogP contribution in [0.3, 0.4) is 0 Å². The lowest BCUT2D eigenvalue weighted by atomic mass is 10.1. The number of thioether (sulfide) groups is 1. The van der Waals surface area contributed by atoms with Gasteiger partial charge in [0.05, 0.1) is 13.2 Å². The number of ketones is 1. The van der Waals surface area contributed by atoms with Crippen molar-refractivity contribution in [2.45, 2.75) is 24.2 Å². The summed E-state index contributed by atoms with van der Waals surface area (Å²) in [5.41, 5.74) is 0.803. The van der Waals surface area contributed by atoms with Crippen LogP contribution >= 0.6 is 11.8 Å². The zero-order valence-electron chi connectivity index (χ0n) is 9.53. The monoisotopic (exact) mass is 250 g/mol. The van der Waals surface area contributed by atoms with E-state index >= 15 is 0 Å². The topological polar surface area (TPSA) is 35.5 Å². The van der Waals surface area contributed by atoms with Crippen molar-refractivity contribution in [2.75, 3.05) is 19.0 Å². The third-order valence-electron chi connectivity index (χ3n) is 2.96. The largest absolute Gasteiger partial charge is 0.490 e. The van der Waals surface area contributed by atoms with Gasteiger partial charge in [0.1, 0.15) is 0 Å². The molecule has 17 heavy (non-hydrogen) atoms. The van der Waals surface area contributed by atoms with Crippen LogP contribution in [0.15, 0.2) is 17.0 Å². The molecular formula is C13H14O3S. The SMILES string of the molecule is O=C1CCCSc2cc3c(cc21)OCCCO3. The van der Waals surface area contributed by atoms with E-state index in [9.17, 15) is 4.79 Å². The zero-order valence-corrected chi connectivity index (χ0v) is 10.3. The molecule has 90 valence electrons. The summed E-state index contributed by atoms with van der Waals surface area (Å²) in [5, 5.41) is 0. The quantitative estimate of drug-likeness (QED) is 0.709. The predicted molar refractivity (Wildman–Crippen MR) is 66.3 cm³/mol. The van der Waals surface area contributed by atoms with Crippen LogP contribution in [0.5, 0.6) is 11.5 Å². The number of carbonyl (C=O) groups excluding carboxylic acids is 1. The summed E-state index contributed by atoms with van der Waals surface area (Å²) >= 11 is 1.74. The minimum Gasteiger partial charge on any atom is -0.490 e. The van der Waals surface area contributed by atoms with Crippen molar-refractivity contribution in [1.29, 1.82) is 0 Å². The van der Waals surface area contributed by atoms with E-state index in [0.29, 0.717) is 19.6 Å². The van der Waals surface area contributed by atoms with E-state index in [1.807, 2.05) is 12.1 Å². The second-order valence-electron chi connectivity index (χ2n) is 4.22. The average Bonchev–Trinajstić information content (AvgIpc) is 2.66. The van der Waals surface area contributed by atoms with Crippen molar-refractivity contribution >= 4 is 17.5 Å². The minimum absolute atomic E-state index is 0.223. The van der Waals surface area contributed by atoms with Crippen LogP contribution < -0.4 is 9.47 Å². The Kier molecular flexibility index (Phi) is 2.97. The van der Waals surface area contributed by atoms with Gasteiger partial charge in [-0.15, -0.1) is 11.8 Å². The van der Waals surface area contributed by atoms with Gasteiger partial charge in [-0.25, -0.2) is 0 Å². The molecule has 0 amide bonds. The Morgan fingerprint density at radius 3 is 2.65 bits per heavy atom. The molecule has 0 aromatic heterocycles. The minimum atomic E-state index is 0.223. The van der Waals surface area contributed by atoms with Gasteiger partial charge in [-0.1, -0.05) is 0 Å². The summed E-state index contributed by atoms with van der Waals surface area (Å²) in [4.78, 5) is 13.0. The molecule has 0 bridgehead atoms. The fraction of sp³-hybridized carbons (Fsp3) is 0.462. The van der Waals surface area contributed by atoms with Crippen molar-refractivity contribution in [2.24, 2.45) is 0 Å². The van der Waals surface area contributed by atoms with Gasteiger partial charge >= 0.3 is 0 Å². The fourth-order valence-electron chi connectivity index (χ4n) is 2.08. The summed E-state index contributed by atoms with van der Waals surface area (Å²) in [6.45, 7) is 1.34. The molecule has 0 spiro atoms. The summed E-state index contributed by atoms with van der Waals surface area (Å²) in [5.74, 6) is 2.72. The zero-order chi connectivity index (χ0) is 11.7. The number of fused-ring (bicyclic) bond motifs is 2. The maximum absolute atomic E-state index is 12.0. The Hall–Kier alpha value is -1.16. The molecule has 0 N–H and O–H groups in total. The number of hydrogen-bond acceptors (Lipinski definition) is 4. The van der Waals surface area contributed by atoms with Gasteiger partial charge in [-0.2, -0.15) is 0 Å². The van der Waals surface area contributed by atoms with Gasteiger partial charge in [0, 0.05) is 23.3 Å². The highest BCUT2D eigenvalue weighted by atomic mass is 32.2. The lowest BCUT2D eigenvalue weighted by Gasteiger charge is -2.11. The Morgan fingerprint density at radius 1 is 1.06 bits per heavy atom. The van der Waals surface area contributed by atoms with Gasteiger partial charge in [0.25, 0.3) is 0 Å². The molecule has 2 aliphatic heterocycles. The number of benzene rings is 1. The lowest BCUT2D eigenvalue weighted by Crippen LogP contribution is -2.00. The first kappa shape index (κ1) is 11.0. The fourth-order valence-corrected chi connectivity index (χ4v) is 3.10. The normalized spacial score (nSPS) is 19.2. The summed E-state index contributed by atoms with van der Waals surface area (Å²) in [6, 6.07) is 3.82. The highest BCUT2D eigenvalue weighted by Crippen LogP contribution is 2.39. The van der Waals surface area contributed by atoms with E-state index in [2.05, 4.69) is 0 Å². The molecule has 3 nitrogen and oxygen atoms in total. The maximum atomic E-state index is 12.0. The molecule has 0 unspecified atom stereocenters. The van der Waals surface area contributed by atoms with Crippen molar-refractivity contribution in [3.8, 4) is 11.5 Å². The van der Waals surface area contributed by atoms with E-state index in [1.165, 1.54) is 0 Å². The van der Waals surface area contributed by atoms with Gasteiger partial charge in [-0.05, 0) is 24.3 Å². The molecule has 0 fully saturated rings. The molecule has 2 heterocycles. The highest BCUT2D eigenvalue weighted by Gasteiger charge is 2.21. The second-order valence-corrected chi connectivity index (χ2v) is 5.36. The summed E-state index contributed by atoms with van der Waals surface area (Å²) in [7, 11) is 0. The third kappa shape index (κ3) is 2.14. The third-order valence-corrected chi connectivity index (χ3v) is 4.10. The number of ether oxygens (including phenoxy) is 2. The van der Waals surface area contributed by atoms with Crippen LogP contribution in [0.4, 0.5) is 0 Å². The van der Waals surface area contributed by atoms with E-state index in [4.69, 9.17) is 9.47 Å². The van der Waals surface area contributed by atoms with Crippen LogP contribution in [-0.2, 0) is 0 Å². The van der Waals surface area contributed by atoms with E-state index in [0.717, 1.165) is 40.6 Å². The molecule has 0 atom stereocenters. The number of Topliss-reactive ketones (excluding diaryl/α,β-unsaturated/α-hetero) is 1. The molecule has 2 aliphatic rings. The summed E-state index contributed by atoms with van der Waals surface area (Å²) < 4.78 is 11.3. The van der Waals surface area contributed by atoms with E-state index < -0.39 is 0 Å². The van der Waals surface area contributed by atoms with Crippen molar-refractivity contribution in [3.63, 3.8) is 0 Å². The summed E-state index contributed by atoms with van der Waals surface area (Å²) in [6.07, 6.45) is 2.48. The van der Waals surface area contributed by atoms with E-state index in [1.54, 1.807) is 11.8 Å². The van der Waals surface area contributed by atoms with Crippen molar-refractivity contribution in [1.82, 2.24) is 0 Å². The average molecular weight is 250 g/mol. The van der Waals surface area contributed by atoms with E-state index in [-0.39, 0.29) is 5.78 Å². The van der Waals surface area contributed by atoms with Crippen LogP contribution in [0.1, 0.15) is 29.6 Å².